The molecule has 11 heteroatoms. The van der Waals surface area contributed by atoms with Gasteiger partial charge in [0.05, 0.1) is 30.1 Å². The minimum absolute atomic E-state index is 0.0879. The molecule has 7 rings (SSSR count). The van der Waals surface area contributed by atoms with Gasteiger partial charge in [0, 0.05) is 17.7 Å². The molecule has 2 aromatic heterocycles. The zero-order chi connectivity index (χ0) is 32.8. The Morgan fingerprint density at radius 2 is 1.53 bits per heavy atom. The van der Waals surface area contributed by atoms with Crippen molar-refractivity contribution in [2.45, 2.75) is 88.8 Å². The minimum atomic E-state index is -2.01. The van der Waals surface area contributed by atoms with Crippen LogP contribution in [0.25, 0.3) is 11.2 Å². The van der Waals surface area contributed by atoms with Gasteiger partial charge in [-0.15, -0.1) is 0 Å². The Morgan fingerprint density at radius 1 is 0.894 bits per heavy atom. The molecule has 1 unspecified atom stereocenters. The van der Waals surface area contributed by atoms with E-state index in [1.807, 2.05) is 71.3 Å². The molecule has 0 N–H and O–H groups in total. The van der Waals surface area contributed by atoms with E-state index in [1.54, 1.807) is 0 Å². The molecule has 47 heavy (non-hydrogen) atoms. The molecule has 0 bridgehead atoms. The molecule has 248 valence electrons. The Balaban J connectivity index is 1.23. The summed E-state index contributed by atoms with van der Waals surface area (Å²) in [6, 6.07) is 22.3. The number of aliphatic imine (C=N–C) groups is 1. The van der Waals surface area contributed by atoms with Crippen LogP contribution in [0.2, 0.25) is 23.2 Å². The van der Waals surface area contributed by atoms with Crippen LogP contribution in [0.5, 0.6) is 6.01 Å². The van der Waals surface area contributed by atoms with E-state index in [1.165, 1.54) is 0 Å². The summed E-state index contributed by atoms with van der Waals surface area (Å²) >= 11 is 6.87. The predicted octanol–water partition coefficient (Wildman–Crippen LogP) is 7.89. The van der Waals surface area contributed by atoms with E-state index in [9.17, 15) is 0 Å². The van der Waals surface area contributed by atoms with Gasteiger partial charge in [-0.3, -0.25) is 4.57 Å². The molecule has 0 spiro atoms. The molecule has 3 fully saturated rings. The largest absolute Gasteiger partial charge is 0.456 e. The standard InChI is InChI=1S/C36H43ClN4O5Si/c1-36(2,3)47(4,5)46-28-22-44-31-27(21-43-32(28)31)45-35-38-26-20-25(37)33(40-34(26)41(35)29-18-12-13-19-42-29)39-30(23-14-8-6-9-15-23)24-16-10-7-11-17-24/h6-11,14-17,20,27-29,31-32H,12-13,18-19,21-22H2,1-5H3/t27-,28-,29?,31-,32-/m1/s1. The van der Waals surface area contributed by atoms with Crippen molar-refractivity contribution in [2.24, 2.45) is 4.99 Å². The molecule has 0 radical (unpaired) electrons. The number of hydrogen-bond donors (Lipinski definition) is 0. The molecule has 3 saturated heterocycles. The van der Waals surface area contributed by atoms with E-state index in [-0.39, 0.29) is 35.7 Å². The Kier molecular flexibility index (Phi) is 9.01. The lowest BCUT2D eigenvalue weighted by Gasteiger charge is -2.39. The van der Waals surface area contributed by atoms with Gasteiger partial charge < -0.3 is 23.4 Å². The number of halogens is 1. The molecular formula is C36H43ClN4O5Si. The first-order valence-corrected chi connectivity index (χ1v) is 19.8. The highest BCUT2D eigenvalue weighted by Crippen LogP contribution is 2.41. The van der Waals surface area contributed by atoms with Crippen LogP contribution in [-0.2, 0) is 18.6 Å². The smallest absolute Gasteiger partial charge is 0.301 e. The summed E-state index contributed by atoms with van der Waals surface area (Å²) in [5.41, 5.74) is 3.93. The number of ether oxygens (including phenoxy) is 4. The zero-order valence-electron chi connectivity index (χ0n) is 27.7. The van der Waals surface area contributed by atoms with E-state index in [0.717, 1.165) is 36.1 Å². The number of nitrogens with zero attached hydrogens (tertiary/aromatic N) is 4. The number of pyridine rings is 1. The summed E-state index contributed by atoms with van der Waals surface area (Å²) in [6.07, 6.45) is 1.63. The van der Waals surface area contributed by atoms with E-state index < -0.39 is 8.32 Å². The summed E-state index contributed by atoms with van der Waals surface area (Å²) in [5.74, 6) is 0.402. The van der Waals surface area contributed by atoms with Gasteiger partial charge in [-0.2, -0.15) is 4.98 Å². The Hall–Kier alpha value is -3.12. The molecule has 0 amide bonds. The normalized spacial score (nSPS) is 24.8. The highest BCUT2D eigenvalue weighted by atomic mass is 35.5. The van der Waals surface area contributed by atoms with E-state index in [2.05, 4.69) is 33.9 Å². The number of rotatable bonds is 8. The minimum Gasteiger partial charge on any atom is -0.456 e. The monoisotopic (exact) mass is 674 g/mol. The first kappa shape index (κ1) is 32.4. The fourth-order valence-electron chi connectivity index (χ4n) is 6.23. The SMILES string of the molecule is CC(C)(C)[Si](C)(C)O[C@@H]1CO[C@H]2[C@@H]1OC[C@H]2Oc1nc2cc(Cl)c(N=C(c3ccccc3)c3ccccc3)nc2n1C1CCCCO1. The van der Waals surface area contributed by atoms with Gasteiger partial charge in [-0.1, -0.05) is 93.0 Å². The molecule has 2 aromatic carbocycles. The fraction of sp³-hybridized carbons (Fsp3) is 0.472. The highest BCUT2D eigenvalue weighted by molar-refractivity contribution is 6.74. The molecule has 0 aliphatic carbocycles. The quantitative estimate of drug-likeness (QED) is 0.139. The lowest BCUT2D eigenvalue weighted by Crippen LogP contribution is -2.47. The van der Waals surface area contributed by atoms with Crippen molar-refractivity contribution in [2.75, 3.05) is 19.8 Å². The van der Waals surface area contributed by atoms with Crippen LogP contribution in [0.1, 0.15) is 57.4 Å². The lowest BCUT2D eigenvalue weighted by molar-refractivity contribution is -0.0406. The van der Waals surface area contributed by atoms with Crippen molar-refractivity contribution in [3.63, 3.8) is 0 Å². The summed E-state index contributed by atoms with van der Waals surface area (Å²) in [4.78, 5) is 15.0. The van der Waals surface area contributed by atoms with Crippen molar-refractivity contribution in [1.82, 2.24) is 14.5 Å². The van der Waals surface area contributed by atoms with Crippen LogP contribution in [0.4, 0.5) is 5.82 Å². The Bertz CT molecular complexity index is 1700. The van der Waals surface area contributed by atoms with Crippen LogP contribution in [0.3, 0.4) is 0 Å². The number of imidazole rings is 1. The van der Waals surface area contributed by atoms with Crippen LogP contribution in [0.15, 0.2) is 71.7 Å². The van der Waals surface area contributed by atoms with Gasteiger partial charge in [-0.25, -0.2) is 9.98 Å². The van der Waals surface area contributed by atoms with Gasteiger partial charge >= 0.3 is 6.01 Å². The van der Waals surface area contributed by atoms with Gasteiger partial charge in [0.1, 0.15) is 24.0 Å². The van der Waals surface area contributed by atoms with Gasteiger partial charge in [0.15, 0.2) is 25.9 Å². The first-order chi connectivity index (χ1) is 22.6. The number of aromatic nitrogens is 3. The second-order valence-corrected chi connectivity index (χ2v) is 19.2. The predicted molar refractivity (Wildman–Crippen MR) is 186 cm³/mol. The highest BCUT2D eigenvalue weighted by Gasteiger charge is 2.52. The molecule has 3 aliphatic heterocycles. The number of hydrogen-bond acceptors (Lipinski definition) is 8. The second-order valence-electron chi connectivity index (χ2n) is 14.1. The van der Waals surface area contributed by atoms with Crippen LogP contribution < -0.4 is 4.74 Å². The molecule has 3 aliphatic rings. The van der Waals surface area contributed by atoms with E-state index in [0.29, 0.717) is 47.8 Å². The van der Waals surface area contributed by atoms with Crippen LogP contribution >= 0.6 is 11.6 Å². The summed E-state index contributed by atoms with van der Waals surface area (Å²) in [6.45, 7) is 12.8. The van der Waals surface area contributed by atoms with Crippen molar-refractivity contribution < 1.29 is 23.4 Å². The van der Waals surface area contributed by atoms with E-state index in [4.69, 9.17) is 49.9 Å². The third kappa shape index (κ3) is 6.51. The number of benzene rings is 2. The average Bonchev–Trinajstić information content (AvgIpc) is 3.75. The van der Waals surface area contributed by atoms with Gasteiger partial charge in [0.25, 0.3) is 0 Å². The second kappa shape index (κ2) is 13.1. The van der Waals surface area contributed by atoms with E-state index >= 15 is 0 Å². The maximum Gasteiger partial charge on any atom is 0.301 e. The van der Waals surface area contributed by atoms with Crippen LogP contribution in [0, 0.1) is 0 Å². The maximum absolute atomic E-state index is 6.87. The maximum atomic E-state index is 6.87. The van der Waals surface area contributed by atoms with Crippen molar-refractivity contribution in [3.05, 3.63) is 82.9 Å². The summed E-state index contributed by atoms with van der Waals surface area (Å²) in [5, 5.41) is 0.488. The Morgan fingerprint density at radius 3 is 2.15 bits per heavy atom. The summed E-state index contributed by atoms with van der Waals surface area (Å²) < 4.78 is 34.2. The zero-order valence-corrected chi connectivity index (χ0v) is 29.4. The van der Waals surface area contributed by atoms with Crippen molar-refractivity contribution in [3.8, 4) is 6.01 Å². The van der Waals surface area contributed by atoms with Gasteiger partial charge in [0.2, 0.25) is 0 Å². The lowest BCUT2D eigenvalue weighted by atomic mass is 10.0. The van der Waals surface area contributed by atoms with Crippen LogP contribution in [-0.4, -0.2) is 72.8 Å². The number of fused-ring (bicyclic) bond motifs is 2. The molecule has 5 heterocycles. The Labute approximate surface area is 282 Å². The topological polar surface area (TPSA) is 89.2 Å². The molecule has 9 nitrogen and oxygen atoms in total. The third-order valence-corrected chi connectivity index (χ3v) is 14.6. The third-order valence-electron chi connectivity index (χ3n) is 9.80. The average molecular weight is 675 g/mol. The summed E-state index contributed by atoms with van der Waals surface area (Å²) in [7, 11) is -2.01. The molecule has 4 aromatic rings. The van der Waals surface area contributed by atoms with Crippen molar-refractivity contribution in [1.29, 1.82) is 0 Å². The first-order valence-electron chi connectivity index (χ1n) is 16.6. The fourth-order valence-corrected chi connectivity index (χ4v) is 7.73. The van der Waals surface area contributed by atoms with Gasteiger partial charge in [-0.05, 0) is 43.5 Å². The molecule has 5 atom stereocenters. The van der Waals surface area contributed by atoms with Crippen molar-refractivity contribution >= 4 is 42.6 Å². The molecule has 0 saturated carbocycles. The molecular weight excluding hydrogens is 632 g/mol.